The molecule has 0 unspecified atom stereocenters. The Hall–Kier alpha value is -1.95. The van der Waals surface area contributed by atoms with Crippen LogP contribution in [-0.2, 0) is 14.3 Å². The third-order valence-electron chi connectivity index (χ3n) is 3.75. The minimum atomic E-state index is -0.985. The zero-order chi connectivity index (χ0) is 15.9. The molecule has 22 heavy (non-hydrogen) atoms. The zero-order valence-electron chi connectivity index (χ0n) is 12.3. The molecule has 1 aromatic rings. The van der Waals surface area contributed by atoms with Crippen molar-refractivity contribution in [3.8, 4) is 0 Å². The highest BCUT2D eigenvalue weighted by Gasteiger charge is 2.21. The van der Waals surface area contributed by atoms with E-state index in [2.05, 4.69) is 5.32 Å². The summed E-state index contributed by atoms with van der Waals surface area (Å²) in [4.78, 5) is 23.0. The molecule has 1 amide bonds. The van der Waals surface area contributed by atoms with Crippen LogP contribution in [0.4, 0.5) is 4.39 Å². The first-order chi connectivity index (χ1) is 10.5. The molecule has 1 aliphatic rings. The molecule has 2 N–H and O–H groups in total. The van der Waals surface area contributed by atoms with Crippen LogP contribution in [0, 0.1) is 5.82 Å². The predicted molar refractivity (Wildman–Crippen MR) is 78.0 cm³/mol. The fourth-order valence-corrected chi connectivity index (χ4v) is 2.58. The molecule has 2 atom stereocenters. The Morgan fingerprint density at radius 1 is 1.32 bits per heavy atom. The van der Waals surface area contributed by atoms with Crippen LogP contribution in [0.25, 0.3) is 0 Å². The van der Waals surface area contributed by atoms with E-state index in [4.69, 9.17) is 9.84 Å². The van der Waals surface area contributed by atoms with Gasteiger partial charge >= 0.3 is 5.97 Å². The molecule has 0 saturated carbocycles. The second kappa shape index (κ2) is 7.89. The summed E-state index contributed by atoms with van der Waals surface area (Å²) >= 11 is 0. The second-order valence-electron chi connectivity index (χ2n) is 5.49. The van der Waals surface area contributed by atoms with Crippen molar-refractivity contribution < 1.29 is 23.8 Å². The number of hydrogen-bond acceptors (Lipinski definition) is 3. The maximum atomic E-state index is 13.0. The molecule has 1 aliphatic heterocycles. The van der Waals surface area contributed by atoms with Crippen LogP contribution in [0.1, 0.15) is 37.2 Å². The number of halogens is 1. The van der Waals surface area contributed by atoms with Gasteiger partial charge in [0, 0.05) is 25.5 Å². The van der Waals surface area contributed by atoms with Gasteiger partial charge in [-0.3, -0.25) is 9.59 Å². The van der Waals surface area contributed by atoms with Crippen molar-refractivity contribution in [1.29, 1.82) is 0 Å². The Morgan fingerprint density at radius 3 is 2.64 bits per heavy atom. The van der Waals surface area contributed by atoms with Gasteiger partial charge in [0.25, 0.3) is 0 Å². The van der Waals surface area contributed by atoms with Gasteiger partial charge in [-0.25, -0.2) is 4.39 Å². The molecule has 5 nitrogen and oxygen atoms in total. The molecular weight excluding hydrogens is 289 g/mol. The number of carbonyl (C=O) groups is 2. The Kier molecular flexibility index (Phi) is 5.89. The van der Waals surface area contributed by atoms with E-state index in [-0.39, 0.29) is 30.7 Å². The summed E-state index contributed by atoms with van der Waals surface area (Å²) in [7, 11) is 0. The number of benzene rings is 1. The normalized spacial score (nSPS) is 18.9. The van der Waals surface area contributed by atoms with Gasteiger partial charge in [-0.05, 0) is 30.5 Å². The lowest BCUT2D eigenvalue weighted by molar-refractivity contribution is -0.137. The summed E-state index contributed by atoms with van der Waals surface area (Å²) in [5.74, 6) is -2.06. The molecule has 0 bridgehead atoms. The lowest BCUT2D eigenvalue weighted by atomic mass is 9.92. The fourth-order valence-electron chi connectivity index (χ4n) is 2.58. The van der Waals surface area contributed by atoms with Gasteiger partial charge in [-0.2, -0.15) is 0 Å². The van der Waals surface area contributed by atoms with E-state index in [0.717, 1.165) is 19.4 Å². The first-order valence-corrected chi connectivity index (χ1v) is 7.40. The second-order valence-corrected chi connectivity index (χ2v) is 5.49. The Bertz CT molecular complexity index is 511. The number of carboxylic acids is 1. The Morgan fingerprint density at radius 2 is 2.05 bits per heavy atom. The number of rotatable bonds is 7. The fraction of sp³-hybridized carbons (Fsp3) is 0.500. The standard InChI is InChI=1S/C16H20FNO4/c17-13-5-3-11(4-6-13)12(9-16(20)21)8-15(19)18-10-14-2-1-7-22-14/h3-6,12,14H,1-2,7-10H2,(H,18,19)(H,20,21)/t12-,14-/m1/s1. The zero-order valence-corrected chi connectivity index (χ0v) is 12.3. The lowest BCUT2D eigenvalue weighted by Gasteiger charge is -2.16. The van der Waals surface area contributed by atoms with E-state index in [1.54, 1.807) is 0 Å². The van der Waals surface area contributed by atoms with E-state index < -0.39 is 11.9 Å². The van der Waals surface area contributed by atoms with Gasteiger partial charge in [0.15, 0.2) is 0 Å². The van der Waals surface area contributed by atoms with Crippen molar-refractivity contribution in [3.63, 3.8) is 0 Å². The Balaban J connectivity index is 1.91. The highest BCUT2D eigenvalue weighted by molar-refractivity contribution is 5.78. The minimum Gasteiger partial charge on any atom is -0.481 e. The van der Waals surface area contributed by atoms with Gasteiger partial charge in [0.2, 0.25) is 5.91 Å². The topological polar surface area (TPSA) is 75.6 Å². The minimum absolute atomic E-state index is 0.0488. The predicted octanol–water partition coefficient (Wildman–Crippen LogP) is 2.07. The first-order valence-electron chi connectivity index (χ1n) is 7.40. The summed E-state index contributed by atoms with van der Waals surface area (Å²) in [5.41, 5.74) is 0.649. The van der Waals surface area contributed by atoms with Crippen LogP contribution in [0.15, 0.2) is 24.3 Å². The van der Waals surface area contributed by atoms with Crippen molar-refractivity contribution in [2.24, 2.45) is 0 Å². The van der Waals surface area contributed by atoms with Crippen molar-refractivity contribution in [2.45, 2.75) is 37.7 Å². The monoisotopic (exact) mass is 309 g/mol. The average Bonchev–Trinajstić information content (AvgIpc) is 2.98. The smallest absolute Gasteiger partial charge is 0.303 e. The maximum Gasteiger partial charge on any atom is 0.303 e. The molecule has 2 rings (SSSR count). The highest BCUT2D eigenvalue weighted by Crippen LogP contribution is 2.24. The summed E-state index contributed by atoms with van der Waals surface area (Å²) in [6.07, 6.45) is 1.87. The van der Waals surface area contributed by atoms with E-state index in [9.17, 15) is 14.0 Å². The highest BCUT2D eigenvalue weighted by atomic mass is 19.1. The van der Waals surface area contributed by atoms with Gasteiger partial charge in [-0.15, -0.1) is 0 Å². The van der Waals surface area contributed by atoms with E-state index in [1.807, 2.05) is 0 Å². The largest absolute Gasteiger partial charge is 0.481 e. The number of aliphatic carboxylic acids is 1. The SMILES string of the molecule is O=C(O)C[C@@H](CC(=O)NC[C@H]1CCCO1)c1ccc(F)cc1. The van der Waals surface area contributed by atoms with Crippen LogP contribution < -0.4 is 5.32 Å². The van der Waals surface area contributed by atoms with Gasteiger partial charge in [0.05, 0.1) is 12.5 Å². The summed E-state index contributed by atoms with van der Waals surface area (Å²) in [5, 5.41) is 11.8. The number of amides is 1. The van der Waals surface area contributed by atoms with Crippen LogP contribution in [0.3, 0.4) is 0 Å². The molecule has 0 aliphatic carbocycles. The lowest BCUT2D eigenvalue weighted by Crippen LogP contribution is -2.32. The van der Waals surface area contributed by atoms with Gasteiger partial charge in [-0.1, -0.05) is 12.1 Å². The molecular formula is C16H20FNO4. The first kappa shape index (κ1) is 16.4. The van der Waals surface area contributed by atoms with Crippen LogP contribution >= 0.6 is 0 Å². The molecule has 6 heteroatoms. The summed E-state index contributed by atoms with van der Waals surface area (Å²) in [6, 6.07) is 5.59. The quantitative estimate of drug-likeness (QED) is 0.808. The molecule has 1 heterocycles. The molecule has 120 valence electrons. The number of hydrogen-bond donors (Lipinski definition) is 2. The molecule has 0 aromatic heterocycles. The van der Waals surface area contributed by atoms with Crippen molar-refractivity contribution in [1.82, 2.24) is 5.32 Å². The molecule has 1 aromatic carbocycles. The number of ether oxygens (including phenoxy) is 1. The molecule has 0 spiro atoms. The third-order valence-corrected chi connectivity index (χ3v) is 3.75. The Labute approximate surface area is 128 Å². The van der Waals surface area contributed by atoms with Crippen molar-refractivity contribution >= 4 is 11.9 Å². The number of carboxylic acid groups (broad SMARTS) is 1. The van der Waals surface area contributed by atoms with Crippen LogP contribution in [-0.4, -0.2) is 36.2 Å². The van der Waals surface area contributed by atoms with Crippen LogP contribution in [0.2, 0.25) is 0 Å². The van der Waals surface area contributed by atoms with Crippen molar-refractivity contribution in [3.05, 3.63) is 35.6 Å². The summed E-state index contributed by atoms with van der Waals surface area (Å²) < 4.78 is 18.4. The molecule has 1 fully saturated rings. The average molecular weight is 309 g/mol. The van der Waals surface area contributed by atoms with Crippen molar-refractivity contribution in [2.75, 3.05) is 13.2 Å². The maximum absolute atomic E-state index is 13.0. The van der Waals surface area contributed by atoms with Gasteiger partial charge < -0.3 is 15.2 Å². The number of carbonyl (C=O) groups excluding carboxylic acids is 1. The third kappa shape index (κ3) is 5.11. The van der Waals surface area contributed by atoms with E-state index in [1.165, 1.54) is 24.3 Å². The van der Waals surface area contributed by atoms with E-state index in [0.29, 0.717) is 12.1 Å². The van der Waals surface area contributed by atoms with Crippen LogP contribution in [0.5, 0.6) is 0 Å². The van der Waals surface area contributed by atoms with E-state index >= 15 is 0 Å². The van der Waals surface area contributed by atoms with Gasteiger partial charge in [0.1, 0.15) is 5.82 Å². The summed E-state index contributed by atoms with van der Waals surface area (Å²) in [6.45, 7) is 1.17. The molecule has 1 saturated heterocycles. The molecule has 0 radical (unpaired) electrons. The number of nitrogens with one attached hydrogen (secondary N) is 1.